The third kappa shape index (κ3) is 1.38. The van der Waals surface area contributed by atoms with Gasteiger partial charge in [-0.05, 0) is 13.0 Å². The van der Waals surface area contributed by atoms with Gasteiger partial charge >= 0.3 is 0 Å². The molecule has 2 heteroatoms. The number of nitriles is 1. The molecule has 1 heterocycles. The minimum absolute atomic E-state index is 0.744. The second-order valence-corrected chi connectivity index (χ2v) is 2.19. The molecule has 0 radical (unpaired) electrons. The van der Waals surface area contributed by atoms with Gasteiger partial charge in [0.2, 0.25) is 0 Å². The second-order valence-electron chi connectivity index (χ2n) is 2.19. The maximum absolute atomic E-state index is 8.51. The lowest BCUT2D eigenvalue weighted by Gasteiger charge is -2.18. The number of likely N-dealkylation sites (N-methyl/N-ethyl adjacent to an activating group) is 1. The Bertz CT molecular complexity index is 208. The van der Waals surface area contributed by atoms with Gasteiger partial charge in [0.25, 0.3) is 0 Å². The van der Waals surface area contributed by atoms with Gasteiger partial charge in [-0.2, -0.15) is 5.26 Å². The molecule has 0 atom stereocenters. The first-order chi connectivity index (χ1) is 4.86. The topological polar surface area (TPSA) is 27.0 Å². The van der Waals surface area contributed by atoms with Crippen LogP contribution in [0.25, 0.3) is 0 Å². The average molecular weight is 134 g/mol. The van der Waals surface area contributed by atoms with E-state index in [1.165, 1.54) is 0 Å². The fraction of sp³-hybridized carbons (Fsp3) is 0.375. The fourth-order valence-electron chi connectivity index (χ4n) is 0.894. The lowest BCUT2D eigenvalue weighted by molar-refractivity contribution is 0.433. The van der Waals surface area contributed by atoms with Crippen molar-refractivity contribution in [3.8, 4) is 6.07 Å². The molecule has 0 aromatic carbocycles. The summed E-state index contributed by atoms with van der Waals surface area (Å²) >= 11 is 0. The van der Waals surface area contributed by atoms with E-state index in [1.807, 2.05) is 18.4 Å². The highest BCUT2D eigenvalue weighted by Crippen LogP contribution is 2.04. The Labute approximate surface area is 61.1 Å². The van der Waals surface area contributed by atoms with Crippen molar-refractivity contribution in [2.75, 3.05) is 13.1 Å². The quantitative estimate of drug-likeness (QED) is 0.540. The third-order valence-electron chi connectivity index (χ3n) is 1.49. The summed E-state index contributed by atoms with van der Waals surface area (Å²) in [5.74, 6) is 0. The van der Waals surface area contributed by atoms with Crippen LogP contribution in [0.15, 0.2) is 23.9 Å². The van der Waals surface area contributed by atoms with Crippen LogP contribution in [0.1, 0.15) is 6.92 Å². The summed E-state index contributed by atoms with van der Waals surface area (Å²) < 4.78 is 0. The van der Waals surface area contributed by atoms with Gasteiger partial charge in [0.15, 0.2) is 0 Å². The van der Waals surface area contributed by atoms with Crippen LogP contribution in [0, 0.1) is 11.3 Å². The minimum Gasteiger partial charge on any atom is -0.373 e. The Kier molecular flexibility index (Phi) is 2.11. The summed E-state index contributed by atoms with van der Waals surface area (Å²) in [7, 11) is 0. The van der Waals surface area contributed by atoms with Crippen molar-refractivity contribution in [1.29, 1.82) is 5.26 Å². The van der Waals surface area contributed by atoms with Crippen molar-refractivity contribution >= 4 is 0 Å². The Balaban J connectivity index is 2.67. The molecule has 0 aromatic rings. The number of nitrogens with zero attached hydrogens (tertiary/aromatic N) is 2. The van der Waals surface area contributed by atoms with Gasteiger partial charge in [-0.25, -0.2) is 0 Å². The van der Waals surface area contributed by atoms with Crippen LogP contribution in [0.4, 0.5) is 0 Å². The van der Waals surface area contributed by atoms with Gasteiger partial charge in [-0.3, -0.25) is 0 Å². The molecule has 0 saturated carbocycles. The summed E-state index contributed by atoms with van der Waals surface area (Å²) in [5, 5.41) is 8.51. The molecule has 52 valence electrons. The zero-order chi connectivity index (χ0) is 7.40. The normalized spacial score (nSPS) is 16.4. The highest BCUT2D eigenvalue weighted by molar-refractivity contribution is 5.34. The molecule has 10 heavy (non-hydrogen) atoms. The molecule has 0 spiro atoms. The molecule has 1 aliphatic rings. The Morgan fingerprint density at radius 3 is 3.20 bits per heavy atom. The maximum Gasteiger partial charge on any atom is 0.101 e. The summed E-state index contributed by atoms with van der Waals surface area (Å²) in [6.45, 7) is 3.97. The lowest BCUT2D eigenvalue weighted by Crippen LogP contribution is -2.19. The van der Waals surface area contributed by atoms with Crippen molar-refractivity contribution in [1.82, 2.24) is 4.90 Å². The zero-order valence-electron chi connectivity index (χ0n) is 6.04. The van der Waals surface area contributed by atoms with E-state index in [0.717, 1.165) is 18.7 Å². The number of hydrogen-bond donors (Lipinski definition) is 0. The molecule has 2 nitrogen and oxygen atoms in total. The zero-order valence-corrected chi connectivity index (χ0v) is 6.04. The predicted octanol–water partition coefficient (Wildman–Crippen LogP) is 1.29. The van der Waals surface area contributed by atoms with Crippen LogP contribution in [-0.2, 0) is 0 Å². The summed E-state index contributed by atoms with van der Waals surface area (Å²) in [6, 6.07) is 2.10. The molecule has 0 fully saturated rings. The average Bonchev–Trinajstić information content (AvgIpc) is 2.05. The highest BCUT2D eigenvalue weighted by atomic mass is 15.1. The summed E-state index contributed by atoms with van der Waals surface area (Å²) in [5.41, 5.74) is 0.744. The highest BCUT2D eigenvalue weighted by Gasteiger charge is 2.00. The van der Waals surface area contributed by atoms with Gasteiger partial charge in [-0.1, -0.05) is 6.08 Å². The van der Waals surface area contributed by atoms with E-state index in [4.69, 9.17) is 5.26 Å². The van der Waals surface area contributed by atoms with Crippen molar-refractivity contribution in [2.45, 2.75) is 6.92 Å². The van der Waals surface area contributed by atoms with Crippen LogP contribution in [0.3, 0.4) is 0 Å². The molecule has 1 rings (SSSR count). The van der Waals surface area contributed by atoms with Gasteiger partial charge in [0, 0.05) is 19.3 Å². The molecule has 0 aliphatic carbocycles. The minimum atomic E-state index is 0.744. The molecular formula is C8H10N2. The molecule has 0 unspecified atom stereocenters. The molecule has 1 aliphatic heterocycles. The molecule has 0 aromatic heterocycles. The van der Waals surface area contributed by atoms with Crippen LogP contribution in [0.2, 0.25) is 0 Å². The molecular weight excluding hydrogens is 124 g/mol. The largest absolute Gasteiger partial charge is 0.373 e. The van der Waals surface area contributed by atoms with E-state index >= 15 is 0 Å². The van der Waals surface area contributed by atoms with Gasteiger partial charge < -0.3 is 4.90 Å². The number of hydrogen-bond acceptors (Lipinski definition) is 2. The van der Waals surface area contributed by atoms with E-state index in [0.29, 0.717) is 0 Å². The van der Waals surface area contributed by atoms with Gasteiger partial charge in [-0.15, -0.1) is 0 Å². The van der Waals surface area contributed by atoms with Crippen molar-refractivity contribution in [2.24, 2.45) is 0 Å². The Morgan fingerprint density at radius 1 is 1.80 bits per heavy atom. The standard InChI is InChI=1S/C8H10N2/c1-2-10-5-3-4-8(6-9)7-10/h3-4,7H,2,5H2,1H3. The SMILES string of the molecule is CCN1C=C(C#N)C=CC1. The van der Waals surface area contributed by atoms with E-state index in [9.17, 15) is 0 Å². The molecule has 0 amide bonds. The van der Waals surface area contributed by atoms with Crippen LogP contribution < -0.4 is 0 Å². The van der Waals surface area contributed by atoms with Crippen molar-refractivity contribution in [3.63, 3.8) is 0 Å². The first-order valence-electron chi connectivity index (χ1n) is 3.39. The van der Waals surface area contributed by atoms with E-state index in [1.54, 1.807) is 0 Å². The fourth-order valence-corrected chi connectivity index (χ4v) is 0.894. The van der Waals surface area contributed by atoms with Gasteiger partial charge in [0.05, 0.1) is 5.57 Å². The monoisotopic (exact) mass is 134 g/mol. The van der Waals surface area contributed by atoms with Crippen LogP contribution in [0.5, 0.6) is 0 Å². The van der Waals surface area contributed by atoms with E-state index in [2.05, 4.69) is 17.9 Å². The smallest absolute Gasteiger partial charge is 0.101 e. The third-order valence-corrected chi connectivity index (χ3v) is 1.49. The number of allylic oxidation sites excluding steroid dienone is 2. The van der Waals surface area contributed by atoms with Gasteiger partial charge in [0.1, 0.15) is 6.07 Å². The van der Waals surface area contributed by atoms with E-state index < -0.39 is 0 Å². The first-order valence-corrected chi connectivity index (χ1v) is 3.39. The molecule has 0 saturated heterocycles. The first kappa shape index (κ1) is 6.88. The van der Waals surface area contributed by atoms with Crippen LogP contribution in [-0.4, -0.2) is 18.0 Å². The number of rotatable bonds is 1. The van der Waals surface area contributed by atoms with Crippen molar-refractivity contribution in [3.05, 3.63) is 23.9 Å². The summed E-state index contributed by atoms with van der Waals surface area (Å²) in [6.07, 6.45) is 5.74. The maximum atomic E-state index is 8.51. The predicted molar refractivity (Wildman–Crippen MR) is 40.1 cm³/mol. The van der Waals surface area contributed by atoms with Crippen molar-refractivity contribution < 1.29 is 0 Å². The Morgan fingerprint density at radius 2 is 2.60 bits per heavy atom. The second kappa shape index (κ2) is 3.07. The Hall–Kier alpha value is -1.23. The van der Waals surface area contributed by atoms with Crippen LogP contribution >= 0.6 is 0 Å². The molecule has 0 bridgehead atoms. The lowest BCUT2D eigenvalue weighted by atomic mass is 10.2. The van der Waals surface area contributed by atoms with E-state index in [-0.39, 0.29) is 0 Å². The molecule has 0 N–H and O–H groups in total. The summed E-state index contributed by atoms with van der Waals surface area (Å²) in [4.78, 5) is 2.10.